The molecule has 1 atom stereocenters. The molecule has 1 heterocycles. The Hall–Kier alpha value is -0.710. The Bertz CT molecular complexity index is 641. The highest BCUT2D eigenvalue weighted by molar-refractivity contribution is 7.38. The van der Waals surface area contributed by atoms with Crippen molar-refractivity contribution in [2.24, 2.45) is 0 Å². The molecule has 1 unspecified atom stereocenters. The van der Waals surface area contributed by atoms with Crippen LogP contribution in [0.2, 0.25) is 0 Å². The molecule has 1 fully saturated rings. The van der Waals surface area contributed by atoms with E-state index in [4.69, 9.17) is 16.8 Å². The van der Waals surface area contributed by atoms with Crippen LogP contribution in [-0.2, 0) is 5.51 Å². The zero-order valence-corrected chi connectivity index (χ0v) is 13.5. The van der Waals surface area contributed by atoms with E-state index in [1.807, 2.05) is 0 Å². The number of thiophene rings is 1. The van der Waals surface area contributed by atoms with Gasteiger partial charge in [-0.25, -0.2) is 0 Å². The molecule has 22 heavy (non-hydrogen) atoms. The second-order valence-electron chi connectivity index (χ2n) is 4.84. The average molecular weight is 401 g/mol. The third-order valence-corrected chi connectivity index (χ3v) is 5.61. The van der Waals surface area contributed by atoms with Crippen LogP contribution in [0.25, 0.3) is 10.1 Å². The number of hydrogen-bond acceptors (Lipinski definition) is 4. The van der Waals surface area contributed by atoms with Gasteiger partial charge in [0.05, 0.1) is 24.6 Å². The largest absolute Gasteiger partial charge is 0.600 e. The fraction of sp³-hybridized carbons (Fsp3) is 0.385. The molecular weight excluding hydrogens is 389 g/mol. The lowest BCUT2D eigenvalue weighted by Crippen LogP contribution is -2.68. The predicted octanol–water partition coefficient (Wildman–Crippen LogP) is 0.577. The Morgan fingerprint density at radius 2 is 1.59 bits per heavy atom. The van der Waals surface area contributed by atoms with Crippen LogP contribution in [0.4, 0.5) is 13.2 Å². The van der Waals surface area contributed by atoms with E-state index in [1.54, 1.807) is 30.3 Å². The summed E-state index contributed by atoms with van der Waals surface area (Å²) in [7, 11) is -1.67. The van der Waals surface area contributed by atoms with Gasteiger partial charge in [0, 0.05) is 17.4 Å². The molecular formula is C13H12BrF3O4S. The van der Waals surface area contributed by atoms with E-state index in [2.05, 4.69) is 0 Å². The predicted molar refractivity (Wildman–Crippen MR) is 64.3 cm³/mol. The summed E-state index contributed by atoms with van der Waals surface area (Å²) in [4.78, 5) is 0.616. The first-order chi connectivity index (χ1) is 10.1. The lowest BCUT2D eigenvalue weighted by molar-refractivity contribution is -2.00. The molecule has 0 saturated heterocycles. The normalized spacial score (nSPS) is 17.0. The molecule has 0 amide bonds. The van der Waals surface area contributed by atoms with Gasteiger partial charge in [-0.15, -0.1) is 13.2 Å². The lowest BCUT2D eigenvalue weighted by atomic mass is 9.84. The van der Waals surface area contributed by atoms with Gasteiger partial charge in [0.25, 0.3) is 0 Å². The Kier molecular flexibility index (Phi) is 5.15. The van der Waals surface area contributed by atoms with Gasteiger partial charge in [-0.3, -0.25) is 16.8 Å². The summed E-state index contributed by atoms with van der Waals surface area (Å²) >= 11 is -5.62. The van der Waals surface area contributed by atoms with Gasteiger partial charge in [-0.2, -0.15) is 0 Å². The van der Waals surface area contributed by atoms with Gasteiger partial charge in [-0.05, 0) is 25.0 Å². The van der Waals surface area contributed by atoms with Crippen molar-refractivity contribution in [3.05, 3.63) is 35.2 Å². The number of fused-ring (bicyclic) bond motifs is 1. The van der Waals surface area contributed by atoms with Crippen molar-refractivity contribution in [1.29, 1.82) is 0 Å². The molecule has 9 heteroatoms. The average Bonchev–Trinajstić information content (AvgIpc) is 2.61. The van der Waals surface area contributed by atoms with E-state index in [0.29, 0.717) is 9.58 Å². The first-order valence-electron chi connectivity index (χ1n) is 6.31. The first kappa shape index (κ1) is 17.6. The highest BCUT2D eigenvalue weighted by atomic mass is 80.0. The highest BCUT2D eigenvalue weighted by Gasteiger charge is 2.49. The fourth-order valence-electron chi connectivity index (χ4n) is 2.36. The van der Waals surface area contributed by atoms with Gasteiger partial charge in [0.2, 0.25) is 0 Å². The third kappa shape index (κ3) is 4.40. The van der Waals surface area contributed by atoms with Crippen molar-refractivity contribution in [1.82, 2.24) is 0 Å². The zero-order valence-electron chi connectivity index (χ0n) is 11.1. The standard InChI is InChI=1S/C13H12F3S.BrO4/c14-13(15,16)17-11-7-2-1-4-10(11)8-12(17)9-5-3-6-9;2-1(3,4)5/h1-2,4,7-9H,3,5-6H2;/q+1;-1. The van der Waals surface area contributed by atoms with Crippen LogP contribution in [0, 0.1) is 14.1 Å². The molecule has 2 aromatic rings. The maximum absolute atomic E-state index is 13.2. The van der Waals surface area contributed by atoms with E-state index in [9.17, 15) is 13.2 Å². The zero-order chi connectivity index (χ0) is 16.5. The topological polar surface area (TPSA) is 92.2 Å². The van der Waals surface area contributed by atoms with Crippen LogP contribution in [0.5, 0.6) is 0 Å². The number of hydrogen-bond donors (Lipinski definition) is 0. The molecule has 0 radical (unpaired) electrons. The Labute approximate surface area is 130 Å². The molecule has 0 N–H and O–H groups in total. The molecule has 1 aromatic carbocycles. The summed E-state index contributed by atoms with van der Waals surface area (Å²) in [5, 5.41) is 0.759. The van der Waals surface area contributed by atoms with Crippen molar-refractivity contribution in [2.45, 2.75) is 30.7 Å². The van der Waals surface area contributed by atoms with Crippen LogP contribution < -0.4 is 16.8 Å². The number of rotatable bonds is 1. The summed E-state index contributed by atoms with van der Waals surface area (Å²) in [5.74, 6) is 0.160. The van der Waals surface area contributed by atoms with Gasteiger partial charge in [0.15, 0.2) is 9.58 Å². The molecule has 0 aliphatic heterocycles. The Balaban J connectivity index is 0.000000309. The lowest BCUT2D eigenvalue weighted by Gasteiger charge is -2.21. The van der Waals surface area contributed by atoms with Crippen molar-refractivity contribution in [3.8, 4) is 0 Å². The van der Waals surface area contributed by atoms with Crippen LogP contribution in [0.3, 0.4) is 0 Å². The molecule has 3 rings (SSSR count). The number of halogens is 4. The summed E-state index contributed by atoms with van der Waals surface area (Å²) in [6.45, 7) is 0. The number of benzene rings is 1. The Morgan fingerprint density at radius 1 is 1.05 bits per heavy atom. The summed E-state index contributed by atoms with van der Waals surface area (Å²) in [6, 6.07) is 8.68. The van der Waals surface area contributed by atoms with Crippen LogP contribution in [-0.4, -0.2) is 0 Å². The molecule has 122 valence electrons. The van der Waals surface area contributed by atoms with Crippen molar-refractivity contribution in [2.75, 3.05) is 0 Å². The smallest absolute Gasteiger partial charge is 0.264 e. The Morgan fingerprint density at radius 3 is 2.05 bits per heavy atom. The summed E-state index contributed by atoms with van der Waals surface area (Å²) in [6.07, 6.45) is 2.90. The minimum absolute atomic E-state index is 0.160. The van der Waals surface area contributed by atoms with E-state index < -0.39 is 30.1 Å². The van der Waals surface area contributed by atoms with Gasteiger partial charge >= 0.3 is 5.51 Å². The second-order valence-corrected chi connectivity index (χ2v) is 8.41. The molecule has 1 saturated carbocycles. The van der Waals surface area contributed by atoms with Crippen molar-refractivity contribution >= 4 is 20.6 Å². The van der Waals surface area contributed by atoms with Gasteiger partial charge in [0.1, 0.15) is 0 Å². The first-order valence-corrected chi connectivity index (χ1v) is 10.1. The maximum Gasteiger partial charge on any atom is 0.600 e. The van der Waals surface area contributed by atoms with E-state index >= 15 is 0 Å². The highest BCUT2D eigenvalue weighted by Crippen LogP contribution is 2.55. The third-order valence-electron chi connectivity index (χ3n) is 3.41. The van der Waals surface area contributed by atoms with E-state index in [1.165, 1.54) is 0 Å². The molecule has 1 aromatic heterocycles. The molecule has 0 bridgehead atoms. The summed E-state index contributed by atoms with van der Waals surface area (Å²) in [5.41, 5.74) is -4.13. The van der Waals surface area contributed by atoms with E-state index in [0.717, 1.165) is 24.6 Å². The molecule has 1 aliphatic carbocycles. The van der Waals surface area contributed by atoms with Crippen LogP contribution >= 0.6 is 10.5 Å². The molecule has 4 nitrogen and oxygen atoms in total. The summed E-state index contributed by atoms with van der Waals surface area (Å²) < 4.78 is 74.3. The van der Waals surface area contributed by atoms with Gasteiger partial charge < -0.3 is 0 Å². The SMILES string of the molecule is FC(F)(F)[s+]1c(C2CCC2)cc2ccccc21.[O-][Br+3]([O-])([O-])[O-]. The van der Waals surface area contributed by atoms with Gasteiger partial charge in [-0.1, -0.05) is 18.6 Å². The minimum atomic E-state index is -5.62. The van der Waals surface area contributed by atoms with Crippen LogP contribution in [0.15, 0.2) is 30.3 Å². The van der Waals surface area contributed by atoms with Crippen molar-refractivity contribution < 1.29 is 44.1 Å². The fourth-order valence-corrected chi connectivity index (χ4v) is 4.52. The minimum Gasteiger partial charge on any atom is -0.264 e. The van der Waals surface area contributed by atoms with E-state index in [-0.39, 0.29) is 5.92 Å². The molecule has 0 spiro atoms. The molecule has 1 aliphatic rings. The monoisotopic (exact) mass is 400 g/mol. The maximum atomic E-state index is 13.2. The number of alkyl halides is 3. The second kappa shape index (κ2) is 6.42. The quantitative estimate of drug-likeness (QED) is 0.654. The van der Waals surface area contributed by atoms with Crippen LogP contribution in [0.1, 0.15) is 30.1 Å². The van der Waals surface area contributed by atoms with Crippen molar-refractivity contribution in [3.63, 3.8) is 0 Å².